The van der Waals surface area contributed by atoms with Crippen molar-refractivity contribution in [3.05, 3.63) is 66.0 Å². The lowest BCUT2D eigenvalue weighted by Crippen LogP contribution is -2.36. The fourth-order valence-electron chi connectivity index (χ4n) is 2.18. The number of rotatable bonds is 3. The monoisotopic (exact) mass is 353 g/mol. The van der Waals surface area contributed by atoms with Gasteiger partial charge in [0.15, 0.2) is 0 Å². The van der Waals surface area contributed by atoms with Crippen LogP contribution in [0, 0.1) is 0 Å². The van der Waals surface area contributed by atoms with E-state index >= 15 is 0 Å². The van der Waals surface area contributed by atoms with Gasteiger partial charge in [0.1, 0.15) is 5.75 Å². The second kappa shape index (κ2) is 7.50. The largest absolute Gasteiger partial charge is 0.420 e. The molecule has 2 aromatic carbocycles. The van der Waals surface area contributed by atoms with Crippen molar-refractivity contribution in [1.29, 1.82) is 0 Å². The number of anilines is 2. The Kier molecular flexibility index (Phi) is 4.96. The number of nitrogen functional groups attached to an aromatic ring is 1. The molecule has 0 atom stereocenters. The number of nitrogens with one attached hydrogen (secondary N) is 2. The lowest BCUT2D eigenvalue weighted by Gasteiger charge is -2.11. The molecular weight excluding hydrogens is 338 g/mol. The fraction of sp³-hybridized carbons (Fsp3) is 0. The highest BCUT2D eigenvalue weighted by Crippen LogP contribution is 2.32. The predicted molar refractivity (Wildman–Crippen MR) is 98.8 cm³/mol. The van der Waals surface area contributed by atoms with Crippen LogP contribution < -0.4 is 21.1 Å². The number of imide groups is 1. The molecular formula is C18H15N3O3S. The summed E-state index contributed by atoms with van der Waals surface area (Å²) in [7, 11) is 0. The Balaban J connectivity index is 1.69. The fourth-order valence-corrected chi connectivity index (χ4v) is 2.95. The molecule has 0 aliphatic rings. The highest BCUT2D eigenvalue weighted by Gasteiger charge is 2.13. The summed E-state index contributed by atoms with van der Waals surface area (Å²) in [4.78, 5) is 24.8. The van der Waals surface area contributed by atoms with E-state index in [0.29, 0.717) is 17.1 Å². The smallest absolute Gasteiger partial charge is 0.410 e. The van der Waals surface area contributed by atoms with Crippen molar-refractivity contribution >= 4 is 34.8 Å². The Morgan fingerprint density at radius 1 is 1.00 bits per heavy atom. The predicted octanol–water partition coefficient (Wildman–Crippen LogP) is 4.32. The summed E-state index contributed by atoms with van der Waals surface area (Å²) in [5.41, 5.74) is 7.62. The molecule has 3 rings (SSSR count). The van der Waals surface area contributed by atoms with Gasteiger partial charge in [0.05, 0.1) is 5.69 Å². The topological polar surface area (TPSA) is 93.5 Å². The quantitative estimate of drug-likeness (QED) is 0.611. The van der Waals surface area contributed by atoms with E-state index in [2.05, 4.69) is 10.6 Å². The molecule has 0 bridgehead atoms. The molecule has 7 heteroatoms. The Labute approximate surface area is 148 Å². The van der Waals surface area contributed by atoms with E-state index in [1.165, 1.54) is 11.3 Å². The van der Waals surface area contributed by atoms with Gasteiger partial charge in [-0.15, -0.1) is 11.3 Å². The summed E-state index contributed by atoms with van der Waals surface area (Å²) < 4.78 is 5.02. The SMILES string of the molecule is Nc1ccc(-c2cccs2)c(NC(=O)NC(=O)Oc2ccccc2)c1. The normalized spacial score (nSPS) is 10.1. The van der Waals surface area contributed by atoms with Crippen LogP contribution >= 0.6 is 11.3 Å². The Bertz CT molecular complexity index is 880. The third-order valence-electron chi connectivity index (χ3n) is 3.25. The second-order valence-corrected chi connectivity index (χ2v) is 6.01. The molecule has 6 nitrogen and oxygen atoms in total. The molecule has 0 radical (unpaired) electrons. The first kappa shape index (κ1) is 16.5. The zero-order valence-electron chi connectivity index (χ0n) is 13.1. The lowest BCUT2D eigenvalue weighted by molar-refractivity contribution is 0.199. The van der Waals surface area contributed by atoms with Gasteiger partial charge in [0, 0.05) is 16.1 Å². The first-order chi connectivity index (χ1) is 12.1. The second-order valence-electron chi connectivity index (χ2n) is 5.06. The molecule has 0 fully saturated rings. The number of amides is 3. The number of hydrogen-bond acceptors (Lipinski definition) is 5. The van der Waals surface area contributed by atoms with E-state index in [9.17, 15) is 9.59 Å². The van der Waals surface area contributed by atoms with Gasteiger partial charge in [-0.05, 0) is 41.8 Å². The summed E-state index contributed by atoms with van der Waals surface area (Å²) in [6, 6.07) is 16.8. The Morgan fingerprint density at radius 3 is 2.52 bits per heavy atom. The van der Waals surface area contributed by atoms with Gasteiger partial charge in [0.25, 0.3) is 0 Å². The van der Waals surface area contributed by atoms with Crippen molar-refractivity contribution in [1.82, 2.24) is 5.32 Å². The number of benzene rings is 2. The van der Waals surface area contributed by atoms with Crippen LogP contribution in [0.2, 0.25) is 0 Å². The molecule has 0 aliphatic heterocycles. The van der Waals surface area contributed by atoms with Crippen molar-refractivity contribution in [2.75, 3.05) is 11.1 Å². The molecule has 126 valence electrons. The number of carbonyl (C=O) groups excluding carboxylic acids is 2. The van der Waals surface area contributed by atoms with Gasteiger partial charge < -0.3 is 15.8 Å². The molecule has 0 unspecified atom stereocenters. The van der Waals surface area contributed by atoms with Crippen LogP contribution in [0.1, 0.15) is 0 Å². The summed E-state index contributed by atoms with van der Waals surface area (Å²) in [5, 5.41) is 6.69. The highest BCUT2D eigenvalue weighted by molar-refractivity contribution is 7.13. The van der Waals surface area contributed by atoms with Crippen LogP contribution in [0.15, 0.2) is 66.0 Å². The number of hydrogen-bond donors (Lipinski definition) is 3. The minimum Gasteiger partial charge on any atom is -0.410 e. The molecule has 0 spiro atoms. The van der Waals surface area contributed by atoms with Crippen LogP contribution in [-0.4, -0.2) is 12.1 Å². The number of urea groups is 1. The Hall–Kier alpha value is -3.32. The summed E-state index contributed by atoms with van der Waals surface area (Å²) >= 11 is 1.53. The third-order valence-corrected chi connectivity index (χ3v) is 4.15. The molecule has 4 N–H and O–H groups in total. The summed E-state index contributed by atoms with van der Waals surface area (Å²) in [5.74, 6) is 0.344. The molecule has 0 saturated heterocycles. The molecule has 3 aromatic rings. The average Bonchev–Trinajstić information content (AvgIpc) is 3.10. The summed E-state index contributed by atoms with van der Waals surface area (Å²) in [6.07, 6.45) is -0.870. The number of carbonyl (C=O) groups is 2. The maximum atomic E-state index is 12.1. The number of thiophene rings is 1. The maximum absolute atomic E-state index is 12.1. The van der Waals surface area contributed by atoms with Crippen molar-refractivity contribution in [3.63, 3.8) is 0 Å². The molecule has 1 aromatic heterocycles. The lowest BCUT2D eigenvalue weighted by atomic mass is 10.1. The highest BCUT2D eigenvalue weighted by atomic mass is 32.1. The molecule has 0 aliphatic carbocycles. The molecule has 0 saturated carbocycles. The van der Waals surface area contributed by atoms with Crippen LogP contribution in [0.3, 0.4) is 0 Å². The third kappa shape index (κ3) is 4.36. The van der Waals surface area contributed by atoms with Gasteiger partial charge in [-0.1, -0.05) is 24.3 Å². The number of ether oxygens (including phenoxy) is 1. The zero-order valence-corrected chi connectivity index (χ0v) is 13.9. The van der Waals surface area contributed by atoms with Gasteiger partial charge in [-0.25, -0.2) is 14.9 Å². The van der Waals surface area contributed by atoms with Gasteiger partial charge in [-0.2, -0.15) is 0 Å². The molecule has 3 amide bonds. The maximum Gasteiger partial charge on any atom is 0.420 e. The van der Waals surface area contributed by atoms with Crippen molar-refractivity contribution < 1.29 is 14.3 Å². The van der Waals surface area contributed by atoms with E-state index in [-0.39, 0.29) is 0 Å². The van der Waals surface area contributed by atoms with Gasteiger partial charge >= 0.3 is 12.1 Å². The van der Waals surface area contributed by atoms with E-state index in [1.54, 1.807) is 42.5 Å². The van der Waals surface area contributed by atoms with Gasteiger partial charge in [-0.3, -0.25) is 0 Å². The first-order valence-electron chi connectivity index (χ1n) is 7.40. The van der Waals surface area contributed by atoms with Crippen molar-refractivity contribution in [3.8, 4) is 16.2 Å². The van der Waals surface area contributed by atoms with E-state index < -0.39 is 12.1 Å². The minimum absolute atomic E-state index is 0.344. The van der Waals surface area contributed by atoms with Crippen molar-refractivity contribution in [2.45, 2.75) is 0 Å². The van der Waals surface area contributed by atoms with E-state index in [4.69, 9.17) is 10.5 Å². The first-order valence-corrected chi connectivity index (χ1v) is 8.28. The minimum atomic E-state index is -0.870. The zero-order chi connectivity index (χ0) is 17.6. The van der Waals surface area contributed by atoms with Gasteiger partial charge in [0.2, 0.25) is 0 Å². The number of nitrogens with two attached hydrogens (primary N) is 1. The van der Waals surface area contributed by atoms with E-state index in [0.717, 1.165) is 10.4 Å². The average molecular weight is 353 g/mol. The van der Waals surface area contributed by atoms with Crippen LogP contribution in [0.4, 0.5) is 21.0 Å². The summed E-state index contributed by atoms with van der Waals surface area (Å²) in [6.45, 7) is 0. The standard InChI is InChI=1S/C18H15N3O3S/c19-12-8-9-14(16-7-4-10-25-16)15(11-12)20-17(22)21-18(23)24-13-5-2-1-3-6-13/h1-11H,19H2,(H2,20,21,22,23). The van der Waals surface area contributed by atoms with Crippen molar-refractivity contribution in [2.24, 2.45) is 0 Å². The van der Waals surface area contributed by atoms with E-state index in [1.807, 2.05) is 23.6 Å². The van der Waals surface area contributed by atoms with Crippen LogP contribution in [-0.2, 0) is 0 Å². The molecule has 25 heavy (non-hydrogen) atoms. The Morgan fingerprint density at radius 2 is 1.80 bits per heavy atom. The van der Waals surface area contributed by atoms with Crippen LogP contribution in [0.5, 0.6) is 5.75 Å². The number of para-hydroxylation sites is 1. The van der Waals surface area contributed by atoms with Crippen LogP contribution in [0.25, 0.3) is 10.4 Å². The molecule has 1 heterocycles.